The van der Waals surface area contributed by atoms with Gasteiger partial charge in [-0.3, -0.25) is 9.59 Å². The van der Waals surface area contributed by atoms with Crippen molar-refractivity contribution >= 4 is 80.3 Å². The Morgan fingerprint density at radius 2 is 1.21 bits per heavy atom. The fraction of sp³-hybridized carbons (Fsp3) is 0.561. The van der Waals surface area contributed by atoms with E-state index >= 15 is 0 Å². The topological polar surface area (TPSA) is 116 Å². The van der Waals surface area contributed by atoms with Gasteiger partial charge >= 0.3 is 11.9 Å². The van der Waals surface area contributed by atoms with Crippen LogP contribution in [0.3, 0.4) is 0 Å². The molecular weight excluding hydrogens is 695 g/mol. The van der Waals surface area contributed by atoms with E-state index in [0.29, 0.717) is 48.3 Å². The maximum atomic E-state index is 14.2. The Morgan fingerprint density at radius 3 is 1.67 bits per heavy atom. The summed E-state index contributed by atoms with van der Waals surface area (Å²) in [5.74, 6) is 2.06. The number of aromatic nitrogens is 1. The Morgan fingerprint density at radius 1 is 0.712 bits per heavy atom. The Balaban J connectivity index is 1.27. The first-order valence-corrected chi connectivity index (χ1v) is 21.3. The Labute approximate surface area is 315 Å². The smallest absolute Gasteiger partial charge is 0.341 e. The first-order valence-electron chi connectivity index (χ1n) is 19.2. The van der Waals surface area contributed by atoms with E-state index < -0.39 is 5.97 Å². The third-order valence-corrected chi connectivity index (χ3v) is 14.1. The third-order valence-electron chi connectivity index (χ3n) is 11.2. The van der Waals surface area contributed by atoms with E-state index in [1.165, 1.54) is 12.8 Å². The molecule has 2 saturated heterocycles. The summed E-state index contributed by atoms with van der Waals surface area (Å²) in [6.45, 7) is 8.83. The zero-order valence-corrected chi connectivity index (χ0v) is 32.5. The fourth-order valence-corrected chi connectivity index (χ4v) is 10.7. The quantitative estimate of drug-likeness (QED) is 0.0654. The number of fused-ring (bicyclic) bond motifs is 3. The highest BCUT2D eigenvalue weighted by Gasteiger charge is 2.33. The predicted octanol–water partition coefficient (Wildman–Crippen LogP) is 9.42. The lowest BCUT2D eigenvalue weighted by molar-refractivity contribution is -0.144. The number of aryl methyl sites for hydroxylation is 1. The van der Waals surface area contributed by atoms with Gasteiger partial charge in [0, 0.05) is 39.5 Å². The van der Waals surface area contributed by atoms with Crippen LogP contribution in [0.25, 0.3) is 21.8 Å². The summed E-state index contributed by atoms with van der Waals surface area (Å²) in [6.07, 6.45) is 9.88. The van der Waals surface area contributed by atoms with Crippen LogP contribution in [0.5, 0.6) is 0 Å². The van der Waals surface area contributed by atoms with E-state index in [2.05, 4.69) is 35.6 Å². The van der Waals surface area contributed by atoms with Crippen molar-refractivity contribution in [3.63, 3.8) is 0 Å². The van der Waals surface area contributed by atoms with Gasteiger partial charge in [-0.1, -0.05) is 69.6 Å². The number of hydrogen-bond donors (Lipinski definition) is 0. The van der Waals surface area contributed by atoms with Crippen LogP contribution in [-0.4, -0.2) is 61.5 Å². The number of hydrogen-bond acceptors (Lipinski definition) is 10. The van der Waals surface area contributed by atoms with Gasteiger partial charge in [0.2, 0.25) is 11.6 Å². The zero-order chi connectivity index (χ0) is 36.8. The number of benzene rings is 2. The molecule has 0 bridgehead atoms. The van der Waals surface area contributed by atoms with E-state index in [0.717, 1.165) is 78.3 Å². The molecule has 2 aliphatic heterocycles. The molecule has 1 aliphatic carbocycles. The minimum Gasteiger partial charge on any atom is -0.341 e. The van der Waals surface area contributed by atoms with Crippen LogP contribution in [0.4, 0.5) is 0 Å². The number of Topliss-reactive ketones (excluding diaryl/α,β-unsaturated/α-hetero) is 2. The first kappa shape index (κ1) is 38.3. The van der Waals surface area contributed by atoms with Gasteiger partial charge in [0.05, 0.1) is 0 Å². The molecule has 1 saturated carbocycles. The normalized spacial score (nSPS) is 22.8. The lowest BCUT2D eigenvalue weighted by Crippen LogP contribution is -2.20. The first-order chi connectivity index (χ1) is 25.2. The van der Waals surface area contributed by atoms with Crippen LogP contribution in [0.1, 0.15) is 119 Å². The molecule has 6 rings (SSSR count). The zero-order valence-electron chi connectivity index (χ0n) is 30.9. The van der Waals surface area contributed by atoms with Crippen molar-refractivity contribution in [2.75, 3.05) is 11.5 Å². The SMILES string of the molecule is CC/C(=N\OC(=O)C1CC(CC)CS1)C(=O)c1ccc2c(c1)c1cc(C(=O)/C(CCC3CCCC3)=N/OC(=O)C3CC(CC)CS3)ccc1n2CC. The lowest BCUT2D eigenvalue weighted by Gasteiger charge is -2.11. The molecule has 52 heavy (non-hydrogen) atoms. The molecule has 2 aromatic carbocycles. The van der Waals surface area contributed by atoms with Crippen molar-refractivity contribution in [1.82, 2.24) is 4.57 Å². The highest BCUT2D eigenvalue weighted by Crippen LogP contribution is 2.36. The summed E-state index contributed by atoms with van der Waals surface area (Å²) in [7, 11) is 0. The molecule has 1 aromatic heterocycles. The van der Waals surface area contributed by atoms with E-state index in [4.69, 9.17) is 9.68 Å². The van der Waals surface area contributed by atoms with Gasteiger partial charge < -0.3 is 14.2 Å². The lowest BCUT2D eigenvalue weighted by atomic mass is 9.95. The molecule has 4 unspecified atom stereocenters. The van der Waals surface area contributed by atoms with Crippen molar-refractivity contribution in [3.05, 3.63) is 47.5 Å². The standard InChI is InChI=1S/C41H51N3O6S2/c1-5-25-19-36(51-23-25)40(47)49-42-32(7-3)38(45)28-14-17-34-30(21-28)31-22-29(15-18-35(31)44(34)8-4)39(46)33(16-13-27-11-9-10-12-27)43-50-41(48)37-20-26(6-2)24-52-37/h14-15,17-18,21-22,25-27,36-37H,5-13,16,19-20,23-24H2,1-4H3/b42-32+,43-33+. The molecule has 3 fully saturated rings. The number of carbonyl (C=O) groups excluding carboxylic acids is 4. The van der Waals surface area contributed by atoms with Gasteiger partial charge in [0.15, 0.2) is 0 Å². The van der Waals surface area contributed by atoms with Crippen LogP contribution >= 0.6 is 23.5 Å². The van der Waals surface area contributed by atoms with Crippen LogP contribution in [-0.2, 0) is 25.8 Å². The molecular formula is C41H51N3O6S2. The number of carbonyl (C=O) groups is 4. The molecule has 278 valence electrons. The van der Waals surface area contributed by atoms with E-state index in [-0.39, 0.29) is 39.5 Å². The van der Waals surface area contributed by atoms with Crippen molar-refractivity contribution < 1.29 is 28.9 Å². The van der Waals surface area contributed by atoms with Gasteiger partial charge in [-0.15, -0.1) is 23.5 Å². The molecule has 3 heterocycles. The maximum absolute atomic E-state index is 14.2. The van der Waals surface area contributed by atoms with Gasteiger partial charge in [-0.2, -0.15) is 0 Å². The van der Waals surface area contributed by atoms with Crippen LogP contribution in [0.2, 0.25) is 0 Å². The number of oxime groups is 2. The van der Waals surface area contributed by atoms with Crippen LogP contribution in [0.15, 0.2) is 46.7 Å². The largest absolute Gasteiger partial charge is 0.347 e. The van der Waals surface area contributed by atoms with Crippen molar-refractivity contribution in [1.29, 1.82) is 0 Å². The Hall–Kier alpha value is -3.44. The second kappa shape index (κ2) is 17.6. The monoisotopic (exact) mass is 745 g/mol. The molecule has 9 nitrogen and oxygen atoms in total. The van der Waals surface area contributed by atoms with E-state index in [1.807, 2.05) is 37.3 Å². The molecule has 4 atom stereocenters. The second-order valence-electron chi connectivity index (χ2n) is 14.5. The Bertz CT molecular complexity index is 1880. The third kappa shape index (κ3) is 8.51. The number of ketones is 2. The molecule has 3 aliphatic rings. The van der Waals surface area contributed by atoms with Crippen molar-refractivity contribution in [3.8, 4) is 0 Å². The molecule has 0 amide bonds. The maximum Gasteiger partial charge on any atom is 0.347 e. The van der Waals surface area contributed by atoms with Crippen LogP contribution < -0.4 is 0 Å². The average Bonchev–Trinajstić information content (AvgIpc) is 4.00. The number of rotatable bonds is 15. The summed E-state index contributed by atoms with van der Waals surface area (Å²) in [5, 5.41) is 9.46. The summed E-state index contributed by atoms with van der Waals surface area (Å²) in [6, 6.07) is 11.2. The minimum absolute atomic E-state index is 0.178. The van der Waals surface area contributed by atoms with E-state index in [1.54, 1.807) is 29.6 Å². The molecule has 0 N–H and O–H groups in total. The second-order valence-corrected chi connectivity index (χ2v) is 16.9. The summed E-state index contributed by atoms with van der Waals surface area (Å²) in [4.78, 5) is 64.4. The highest BCUT2D eigenvalue weighted by atomic mass is 32.2. The molecule has 11 heteroatoms. The fourth-order valence-electron chi connectivity index (χ4n) is 7.76. The van der Waals surface area contributed by atoms with Gasteiger partial charge in [0.25, 0.3) is 0 Å². The number of thioether (sulfide) groups is 2. The Kier molecular flexibility index (Phi) is 13.0. The highest BCUT2D eigenvalue weighted by molar-refractivity contribution is 8.01. The van der Waals surface area contributed by atoms with Crippen molar-refractivity contribution in [2.45, 2.75) is 115 Å². The molecule has 3 aromatic rings. The summed E-state index contributed by atoms with van der Waals surface area (Å²) < 4.78 is 2.16. The summed E-state index contributed by atoms with van der Waals surface area (Å²) >= 11 is 3.20. The minimum atomic E-state index is -0.401. The van der Waals surface area contributed by atoms with E-state index in [9.17, 15) is 19.2 Å². The van der Waals surface area contributed by atoms with Gasteiger partial charge in [0.1, 0.15) is 21.9 Å². The summed E-state index contributed by atoms with van der Waals surface area (Å²) in [5.41, 5.74) is 3.21. The number of nitrogens with zero attached hydrogens (tertiary/aromatic N) is 3. The van der Waals surface area contributed by atoms with Gasteiger partial charge in [-0.25, -0.2) is 9.59 Å². The van der Waals surface area contributed by atoms with Gasteiger partial charge in [-0.05, 0) is 105 Å². The molecule has 0 spiro atoms. The van der Waals surface area contributed by atoms with Crippen LogP contribution in [0, 0.1) is 17.8 Å². The van der Waals surface area contributed by atoms with Crippen molar-refractivity contribution in [2.24, 2.45) is 28.1 Å². The predicted molar refractivity (Wildman–Crippen MR) is 212 cm³/mol. The molecule has 0 radical (unpaired) electrons. The average molecular weight is 746 g/mol.